The highest BCUT2D eigenvalue weighted by atomic mass is 32.2. The second-order valence-electron chi connectivity index (χ2n) is 6.48. The topological polar surface area (TPSA) is 88.8 Å². The van der Waals surface area contributed by atoms with Gasteiger partial charge in [0.15, 0.2) is 5.76 Å². The number of amides is 1. The van der Waals surface area contributed by atoms with E-state index >= 15 is 0 Å². The number of furan rings is 1. The number of carbonyl (C=O) groups is 1. The zero-order valence-corrected chi connectivity index (χ0v) is 17.5. The van der Waals surface area contributed by atoms with E-state index in [-0.39, 0.29) is 40.0 Å². The number of rotatable bonds is 7. The molecule has 0 aliphatic rings. The molecule has 0 radical (unpaired) electrons. The van der Waals surface area contributed by atoms with E-state index < -0.39 is 21.7 Å². The van der Waals surface area contributed by atoms with Gasteiger partial charge in [-0.15, -0.1) is 0 Å². The minimum atomic E-state index is -3.80. The van der Waals surface area contributed by atoms with Crippen LogP contribution in [0.4, 0.5) is 10.1 Å². The summed E-state index contributed by atoms with van der Waals surface area (Å²) in [6, 6.07) is 13.3. The molecule has 0 atom stereocenters. The Balaban J connectivity index is 1.88. The lowest BCUT2D eigenvalue weighted by Gasteiger charge is -2.16. The predicted molar refractivity (Wildman–Crippen MR) is 111 cm³/mol. The van der Waals surface area contributed by atoms with Gasteiger partial charge in [-0.05, 0) is 49.4 Å². The van der Waals surface area contributed by atoms with Gasteiger partial charge < -0.3 is 14.5 Å². The highest BCUT2D eigenvalue weighted by molar-refractivity contribution is 7.89. The monoisotopic (exact) mass is 432 g/mol. The molecule has 3 rings (SSSR count). The summed E-state index contributed by atoms with van der Waals surface area (Å²) in [6.45, 7) is 2.03. The van der Waals surface area contributed by atoms with Crippen LogP contribution in [0.2, 0.25) is 0 Å². The summed E-state index contributed by atoms with van der Waals surface area (Å²) in [6.07, 6.45) is 0. The van der Waals surface area contributed by atoms with Crippen LogP contribution < -0.4 is 10.1 Å². The van der Waals surface area contributed by atoms with Crippen molar-refractivity contribution in [3.8, 4) is 17.1 Å². The molecule has 1 N–H and O–H groups in total. The van der Waals surface area contributed by atoms with Gasteiger partial charge in [0, 0.05) is 19.8 Å². The summed E-state index contributed by atoms with van der Waals surface area (Å²) in [5.74, 6) is -0.720. The minimum absolute atomic E-state index is 0.0424. The molecule has 9 heteroatoms. The molecule has 2 aromatic carbocycles. The van der Waals surface area contributed by atoms with Crippen molar-refractivity contribution in [3.63, 3.8) is 0 Å². The fourth-order valence-corrected chi connectivity index (χ4v) is 3.77. The zero-order chi connectivity index (χ0) is 21.9. The van der Waals surface area contributed by atoms with Crippen LogP contribution in [0.3, 0.4) is 0 Å². The number of nitrogens with zero attached hydrogens (tertiary/aromatic N) is 1. The standard InChI is InChI=1S/C21H21FN2O5S/c1-4-28-18-10-9-14(13-20(18)30(26,27)24(2)3)23-21(25)19-12-11-17(29-19)15-7-5-6-8-16(15)22/h5-13H,4H2,1-3H3,(H,23,25). The van der Waals surface area contributed by atoms with Crippen LogP contribution in [-0.4, -0.2) is 39.3 Å². The molecule has 1 amide bonds. The highest BCUT2D eigenvalue weighted by Crippen LogP contribution is 2.30. The third kappa shape index (κ3) is 4.37. The first-order valence-corrected chi connectivity index (χ1v) is 10.5. The molecule has 0 saturated heterocycles. The Morgan fingerprint density at radius 3 is 2.53 bits per heavy atom. The molecule has 158 valence electrons. The second-order valence-corrected chi connectivity index (χ2v) is 8.60. The van der Waals surface area contributed by atoms with Crippen LogP contribution in [0.1, 0.15) is 17.5 Å². The molecular weight excluding hydrogens is 411 g/mol. The number of hydrogen-bond acceptors (Lipinski definition) is 5. The quantitative estimate of drug-likeness (QED) is 0.610. The molecule has 0 fully saturated rings. The number of benzene rings is 2. The smallest absolute Gasteiger partial charge is 0.291 e. The molecule has 1 heterocycles. The van der Waals surface area contributed by atoms with Gasteiger partial charge in [0.1, 0.15) is 22.2 Å². The Kier molecular flexibility index (Phi) is 6.23. The van der Waals surface area contributed by atoms with Crippen LogP contribution in [0, 0.1) is 5.82 Å². The van der Waals surface area contributed by atoms with Crippen molar-refractivity contribution in [3.05, 3.63) is 66.2 Å². The number of hydrogen-bond donors (Lipinski definition) is 1. The van der Waals surface area contributed by atoms with Crippen molar-refractivity contribution >= 4 is 21.6 Å². The van der Waals surface area contributed by atoms with Gasteiger partial charge >= 0.3 is 0 Å². The average molecular weight is 432 g/mol. The molecule has 0 aliphatic carbocycles. The lowest BCUT2D eigenvalue weighted by atomic mass is 10.1. The van der Waals surface area contributed by atoms with Crippen molar-refractivity contribution in [1.82, 2.24) is 4.31 Å². The predicted octanol–water partition coefficient (Wildman–Crippen LogP) is 3.99. The Morgan fingerprint density at radius 1 is 1.13 bits per heavy atom. The molecule has 0 spiro atoms. The van der Waals surface area contributed by atoms with Gasteiger partial charge in [-0.2, -0.15) is 0 Å². The average Bonchev–Trinajstić information content (AvgIpc) is 3.19. The maximum Gasteiger partial charge on any atom is 0.291 e. The molecule has 0 bridgehead atoms. The Bertz CT molecular complexity index is 1170. The van der Waals surface area contributed by atoms with E-state index in [1.165, 1.54) is 50.5 Å². The van der Waals surface area contributed by atoms with Crippen molar-refractivity contribution in [1.29, 1.82) is 0 Å². The lowest BCUT2D eigenvalue weighted by molar-refractivity contribution is 0.0997. The number of nitrogens with one attached hydrogen (secondary N) is 1. The van der Waals surface area contributed by atoms with Gasteiger partial charge in [0.25, 0.3) is 5.91 Å². The van der Waals surface area contributed by atoms with Crippen molar-refractivity contribution in [2.45, 2.75) is 11.8 Å². The molecule has 30 heavy (non-hydrogen) atoms. The van der Waals surface area contributed by atoms with Crippen molar-refractivity contribution in [2.75, 3.05) is 26.0 Å². The molecule has 0 aliphatic heterocycles. The largest absolute Gasteiger partial charge is 0.492 e. The number of ether oxygens (including phenoxy) is 1. The number of sulfonamides is 1. The molecule has 3 aromatic rings. The van der Waals surface area contributed by atoms with E-state index in [9.17, 15) is 17.6 Å². The number of carbonyl (C=O) groups excluding carboxylic acids is 1. The third-order valence-corrected chi connectivity index (χ3v) is 6.07. The first-order valence-electron chi connectivity index (χ1n) is 9.09. The SMILES string of the molecule is CCOc1ccc(NC(=O)c2ccc(-c3ccccc3F)o2)cc1S(=O)(=O)N(C)C. The Morgan fingerprint density at radius 2 is 1.87 bits per heavy atom. The summed E-state index contributed by atoms with van der Waals surface area (Å²) >= 11 is 0. The van der Waals surface area contributed by atoms with Crippen LogP contribution in [0.5, 0.6) is 5.75 Å². The lowest BCUT2D eigenvalue weighted by Crippen LogP contribution is -2.23. The summed E-state index contributed by atoms with van der Waals surface area (Å²) in [5.41, 5.74) is 0.477. The fourth-order valence-electron chi connectivity index (χ4n) is 2.72. The van der Waals surface area contributed by atoms with E-state index in [0.717, 1.165) is 4.31 Å². The van der Waals surface area contributed by atoms with Crippen molar-refractivity contribution in [2.24, 2.45) is 0 Å². The van der Waals surface area contributed by atoms with E-state index in [2.05, 4.69) is 5.32 Å². The first kappa shape index (κ1) is 21.5. The molecule has 7 nitrogen and oxygen atoms in total. The minimum Gasteiger partial charge on any atom is -0.492 e. The van der Waals surface area contributed by atoms with Crippen LogP contribution in [-0.2, 0) is 10.0 Å². The molecular formula is C21H21FN2O5S. The molecule has 1 aromatic heterocycles. The number of halogens is 1. The Hall–Kier alpha value is -3.17. The van der Waals surface area contributed by atoms with Gasteiger partial charge in [0.05, 0.1) is 12.2 Å². The van der Waals surface area contributed by atoms with E-state index in [1.807, 2.05) is 0 Å². The normalized spacial score (nSPS) is 11.5. The van der Waals surface area contributed by atoms with Crippen LogP contribution >= 0.6 is 0 Å². The van der Waals surface area contributed by atoms with E-state index in [1.54, 1.807) is 25.1 Å². The van der Waals surface area contributed by atoms with Crippen LogP contribution in [0.15, 0.2) is 63.9 Å². The molecule has 0 unspecified atom stereocenters. The van der Waals surface area contributed by atoms with E-state index in [4.69, 9.17) is 9.15 Å². The van der Waals surface area contributed by atoms with Gasteiger partial charge in [-0.25, -0.2) is 17.1 Å². The summed E-state index contributed by atoms with van der Waals surface area (Å²) in [4.78, 5) is 12.5. The molecule has 0 saturated carbocycles. The highest BCUT2D eigenvalue weighted by Gasteiger charge is 2.24. The van der Waals surface area contributed by atoms with Crippen LogP contribution in [0.25, 0.3) is 11.3 Å². The van der Waals surface area contributed by atoms with Gasteiger partial charge in [-0.3, -0.25) is 4.79 Å². The van der Waals surface area contributed by atoms with Gasteiger partial charge in [0.2, 0.25) is 10.0 Å². The summed E-state index contributed by atoms with van der Waals surface area (Å²) in [7, 11) is -0.985. The maximum atomic E-state index is 13.9. The fraction of sp³-hybridized carbons (Fsp3) is 0.190. The Labute approximate surface area is 174 Å². The summed E-state index contributed by atoms with van der Waals surface area (Å²) in [5, 5.41) is 2.59. The maximum absolute atomic E-state index is 13.9. The zero-order valence-electron chi connectivity index (χ0n) is 16.7. The van der Waals surface area contributed by atoms with Crippen molar-refractivity contribution < 1.29 is 26.8 Å². The number of anilines is 1. The third-order valence-electron chi connectivity index (χ3n) is 4.23. The van der Waals surface area contributed by atoms with E-state index in [0.29, 0.717) is 0 Å². The first-order chi connectivity index (χ1) is 14.2. The summed E-state index contributed by atoms with van der Waals surface area (Å²) < 4.78 is 51.1. The van der Waals surface area contributed by atoms with Gasteiger partial charge in [-0.1, -0.05) is 12.1 Å². The second kappa shape index (κ2) is 8.68.